The standard InChI is InChI=1S/C13H15BrN2O2S/c1-16(9-3-7-14)19(17,18)13-5-2-4-11-10-15-8-6-12(11)13/h2,4-6,8,10H,3,7,9H2,1H3. The first kappa shape index (κ1) is 14.4. The quantitative estimate of drug-likeness (QED) is 0.785. The van der Waals surface area contributed by atoms with E-state index in [2.05, 4.69) is 20.9 Å². The third-order valence-corrected chi connectivity index (χ3v) is 5.41. The molecule has 4 nitrogen and oxygen atoms in total. The van der Waals surface area contributed by atoms with Crippen molar-refractivity contribution in [1.29, 1.82) is 0 Å². The molecule has 0 saturated heterocycles. The monoisotopic (exact) mass is 342 g/mol. The van der Waals surface area contributed by atoms with Gasteiger partial charge in [-0.05, 0) is 18.6 Å². The lowest BCUT2D eigenvalue weighted by molar-refractivity contribution is 0.471. The molecule has 0 saturated carbocycles. The van der Waals surface area contributed by atoms with Gasteiger partial charge < -0.3 is 0 Å². The van der Waals surface area contributed by atoms with Gasteiger partial charge >= 0.3 is 0 Å². The molecule has 2 rings (SSSR count). The molecule has 0 atom stereocenters. The SMILES string of the molecule is CN(CCCBr)S(=O)(=O)c1cccc2cnccc12. The van der Waals surface area contributed by atoms with Crippen molar-refractivity contribution in [1.82, 2.24) is 9.29 Å². The molecule has 0 fully saturated rings. The summed E-state index contributed by atoms with van der Waals surface area (Å²) in [5.74, 6) is 0. The molecule has 0 radical (unpaired) electrons. The van der Waals surface area contributed by atoms with Gasteiger partial charge in [-0.15, -0.1) is 0 Å². The van der Waals surface area contributed by atoms with E-state index in [0.717, 1.165) is 17.1 Å². The summed E-state index contributed by atoms with van der Waals surface area (Å²) in [4.78, 5) is 4.35. The summed E-state index contributed by atoms with van der Waals surface area (Å²) in [7, 11) is -1.84. The fourth-order valence-corrected chi connectivity index (χ4v) is 3.56. The first-order valence-electron chi connectivity index (χ1n) is 5.92. The highest BCUT2D eigenvalue weighted by Crippen LogP contribution is 2.24. The summed E-state index contributed by atoms with van der Waals surface area (Å²) in [6.45, 7) is 0.495. The Morgan fingerprint density at radius 3 is 2.84 bits per heavy atom. The van der Waals surface area contributed by atoms with Gasteiger partial charge in [-0.3, -0.25) is 4.98 Å². The van der Waals surface area contributed by atoms with Crippen molar-refractivity contribution >= 4 is 36.7 Å². The number of hydrogen-bond acceptors (Lipinski definition) is 3. The predicted octanol–water partition coefficient (Wildman–Crippen LogP) is 2.64. The van der Waals surface area contributed by atoms with Gasteiger partial charge in [0.05, 0.1) is 4.90 Å². The summed E-state index contributed by atoms with van der Waals surface area (Å²) in [5, 5.41) is 2.33. The zero-order valence-corrected chi connectivity index (χ0v) is 13.0. The van der Waals surface area contributed by atoms with Crippen molar-refractivity contribution in [2.45, 2.75) is 11.3 Å². The Morgan fingerprint density at radius 1 is 1.32 bits per heavy atom. The molecule has 102 valence electrons. The highest BCUT2D eigenvalue weighted by atomic mass is 79.9. The summed E-state index contributed by atoms with van der Waals surface area (Å²) in [5.41, 5.74) is 0. The van der Waals surface area contributed by atoms with E-state index in [4.69, 9.17) is 0 Å². The van der Waals surface area contributed by atoms with Crippen LogP contribution in [0.5, 0.6) is 0 Å². The van der Waals surface area contributed by atoms with Gasteiger partial charge in [0.2, 0.25) is 10.0 Å². The molecule has 0 spiro atoms. The Morgan fingerprint density at radius 2 is 2.11 bits per heavy atom. The van der Waals surface area contributed by atoms with Crippen LogP contribution < -0.4 is 0 Å². The van der Waals surface area contributed by atoms with Crippen molar-refractivity contribution in [2.75, 3.05) is 18.9 Å². The number of pyridine rings is 1. The molecule has 0 aliphatic carbocycles. The largest absolute Gasteiger partial charge is 0.264 e. The van der Waals surface area contributed by atoms with E-state index < -0.39 is 10.0 Å². The average molecular weight is 343 g/mol. The van der Waals surface area contributed by atoms with E-state index in [9.17, 15) is 8.42 Å². The Bertz CT molecular complexity index is 668. The molecule has 1 aromatic heterocycles. The van der Waals surface area contributed by atoms with E-state index in [0.29, 0.717) is 16.8 Å². The summed E-state index contributed by atoms with van der Waals surface area (Å²) in [6.07, 6.45) is 4.06. The van der Waals surface area contributed by atoms with Crippen LogP contribution in [0.4, 0.5) is 0 Å². The van der Waals surface area contributed by atoms with Gasteiger partial charge in [0.1, 0.15) is 0 Å². The Kier molecular flexibility index (Phi) is 4.54. The third-order valence-electron chi connectivity index (χ3n) is 2.94. The number of alkyl halides is 1. The number of sulfonamides is 1. The van der Waals surface area contributed by atoms with Crippen molar-refractivity contribution in [3.63, 3.8) is 0 Å². The predicted molar refractivity (Wildman–Crippen MR) is 80.0 cm³/mol. The average Bonchev–Trinajstić information content (AvgIpc) is 2.43. The summed E-state index contributed by atoms with van der Waals surface area (Å²) < 4.78 is 26.5. The molecule has 6 heteroatoms. The number of nitrogens with zero attached hydrogens (tertiary/aromatic N) is 2. The van der Waals surface area contributed by atoms with Crippen LogP contribution in [-0.2, 0) is 10.0 Å². The van der Waals surface area contributed by atoms with Gasteiger partial charge in [-0.2, -0.15) is 0 Å². The van der Waals surface area contributed by atoms with Crippen molar-refractivity contribution in [2.24, 2.45) is 0 Å². The topological polar surface area (TPSA) is 50.3 Å². The molecule has 0 unspecified atom stereocenters. The molecule has 0 amide bonds. The number of hydrogen-bond donors (Lipinski definition) is 0. The van der Waals surface area contributed by atoms with Crippen LogP contribution in [0.2, 0.25) is 0 Å². The van der Waals surface area contributed by atoms with Gasteiger partial charge in [0.25, 0.3) is 0 Å². The van der Waals surface area contributed by atoms with Gasteiger partial charge in [-0.25, -0.2) is 12.7 Å². The smallest absolute Gasteiger partial charge is 0.243 e. The molecule has 0 aliphatic rings. The second-order valence-corrected chi connectivity index (χ2v) is 7.03. The van der Waals surface area contributed by atoms with Crippen LogP contribution in [-0.4, -0.2) is 36.6 Å². The zero-order valence-electron chi connectivity index (χ0n) is 10.6. The fourth-order valence-electron chi connectivity index (χ4n) is 1.89. The minimum Gasteiger partial charge on any atom is -0.264 e. The van der Waals surface area contributed by atoms with Crippen molar-refractivity contribution < 1.29 is 8.42 Å². The third kappa shape index (κ3) is 2.96. The summed E-state index contributed by atoms with van der Waals surface area (Å²) >= 11 is 3.31. The molecule has 1 heterocycles. The lowest BCUT2D eigenvalue weighted by atomic mass is 10.2. The number of rotatable bonds is 5. The van der Waals surface area contributed by atoms with Crippen LogP contribution >= 0.6 is 15.9 Å². The maximum atomic E-state index is 12.5. The molecule has 19 heavy (non-hydrogen) atoms. The number of benzene rings is 1. The van der Waals surface area contributed by atoms with Crippen molar-refractivity contribution in [3.8, 4) is 0 Å². The fraction of sp³-hybridized carbons (Fsp3) is 0.308. The Balaban J connectivity index is 2.49. The van der Waals surface area contributed by atoms with E-state index in [1.54, 1.807) is 37.6 Å². The molecular weight excluding hydrogens is 328 g/mol. The van der Waals surface area contributed by atoms with Gasteiger partial charge in [0, 0.05) is 42.1 Å². The van der Waals surface area contributed by atoms with E-state index in [1.807, 2.05) is 6.07 Å². The summed E-state index contributed by atoms with van der Waals surface area (Å²) in [6, 6.07) is 6.98. The Labute approximate surface area is 121 Å². The van der Waals surface area contributed by atoms with Gasteiger partial charge in [-0.1, -0.05) is 28.1 Å². The van der Waals surface area contributed by atoms with Crippen LogP contribution in [0.1, 0.15) is 6.42 Å². The molecule has 0 N–H and O–H groups in total. The lowest BCUT2D eigenvalue weighted by Gasteiger charge is -2.17. The van der Waals surface area contributed by atoms with Crippen LogP contribution in [0.3, 0.4) is 0 Å². The minimum absolute atomic E-state index is 0.337. The molecule has 0 bridgehead atoms. The number of fused-ring (bicyclic) bond motifs is 1. The second kappa shape index (κ2) is 5.98. The number of aromatic nitrogens is 1. The minimum atomic E-state index is -3.45. The molecular formula is C13H15BrN2O2S. The first-order chi connectivity index (χ1) is 9.07. The first-order valence-corrected chi connectivity index (χ1v) is 8.48. The Hall–Kier alpha value is -0.980. The lowest BCUT2D eigenvalue weighted by Crippen LogP contribution is -2.28. The maximum Gasteiger partial charge on any atom is 0.243 e. The molecule has 2 aromatic rings. The van der Waals surface area contributed by atoms with E-state index in [-0.39, 0.29) is 0 Å². The van der Waals surface area contributed by atoms with Gasteiger partial charge in [0.15, 0.2) is 0 Å². The highest BCUT2D eigenvalue weighted by Gasteiger charge is 2.22. The highest BCUT2D eigenvalue weighted by molar-refractivity contribution is 9.09. The maximum absolute atomic E-state index is 12.5. The van der Waals surface area contributed by atoms with Crippen molar-refractivity contribution in [3.05, 3.63) is 36.7 Å². The van der Waals surface area contributed by atoms with E-state index >= 15 is 0 Å². The molecule has 1 aromatic carbocycles. The van der Waals surface area contributed by atoms with E-state index in [1.165, 1.54) is 4.31 Å². The number of halogens is 1. The van der Waals surface area contributed by atoms with Crippen LogP contribution in [0.15, 0.2) is 41.6 Å². The normalized spacial score (nSPS) is 12.2. The van der Waals surface area contributed by atoms with Crippen LogP contribution in [0, 0.1) is 0 Å². The second-order valence-electron chi connectivity index (χ2n) is 4.22. The molecule has 0 aliphatic heterocycles. The van der Waals surface area contributed by atoms with Crippen LogP contribution in [0.25, 0.3) is 10.8 Å². The zero-order chi connectivity index (χ0) is 13.9.